The molecule has 0 atom stereocenters. The van der Waals surface area contributed by atoms with Crippen LogP contribution < -0.4 is 0 Å². The number of hydrogen-bond donors (Lipinski definition) is 0. The van der Waals surface area contributed by atoms with Crippen LogP contribution in [0.3, 0.4) is 0 Å². The molecule has 0 aromatic heterocycles. The first-order valence-corrected chi connectivity index (χ1v) is 9.90. The summed E-state index contributed by atoms with van der Waals surface area (Å²) in [6.07, 6.45) is 0. The van der Waals surface area contributed by atoms with Crippen molar-refractivity contribution in [3.8, 4) is 0 Å². The first-order chi connectivity index (χ1) is 2.00. The van der Waals surface area contributed by atoms with Crippen molar-refractivity contribution in [2.75, 3.05) is 0 Å². The van der Waals surface area contributed by atoms with Crippen molar-refractivity contribution in [1.82, 2.24) is 0 Å². The molecule has 0 rings (SSSR count). The molecule has 0 nitrogen and oxygen atoms in total. The molecular weight excluding hydrogens is 438 g/mol. The van der Waals surface area contributed by atoms with E-state index in [4.69, 9.17) is 0 Å². The number of rotatable bonds is 0. The summed E-state index contributed by atoms with van der Waals surface area (Å²) in [6.45, 7) is 0. The van der Waals surface area contributed by atoms with E-state index < -0.39 is 0 Å². The summed E-state index contributed by atoms with van der Waals surface area (Å²) >= 11 is 5.46. The Labute approximate surface area is 96.3 Å². The summed E-state index contributed by atoms with van der Waals surface area (Å²) in [4.78, 5) is 0. The van der Waals surface area contributed by atoms with Crippen LogP contribution >= 0.6 is 10.1 Å². The molecule has 1 radical (unpaired) electrons. The third-order valence-corrected chi connectivity index (χ3v) is 0. The monoisotopic (exact) mass is 445 g/mol. The van der Waals surface area contributed by atoms with Crippen LogP contribution in [0.5, 0.6) is 0 Å². The second kappa shape index (κ2) is 40.7. The van der Waals surface area contributed by atoms with E-state index in [0.717, 1.165) is 16.8 Å². The summed E-state index contributed by atoms with van der Waals surface area (Å²) in [5.41, 5.74) is 0. The molecule has 0 aliphatic rings. The van der Waals surface area contributed by atoms with Gasteiger partial charge in [-0.25, -0.2) is 0 Å². The van der Waals surface area contributed by atoms with Gasteiger partial charge in [-0.15, -0.1) is 0 Å². The third kappa shape index (κ3) is 26.7. The van der Waals surface area contributed by atoms with Gasteiger partial charge in [-0.1, -0.05) is 0 Å². The summed E-state index contributed by atoms with van der Waals surface area (Å²) in [7, 11) is 4.21. The second-order valence-corrected chi connectivity index (χ2v) is 0. The molecule has 0 spiro atoms. The van der Waals surface area contributed by atoms with Crippen LogP contribution in [0.2, 0.25) is 0 Å². The molecule has 0 heterocycles. The fraction of sp³-hybridized carbons (Fsp3) is 0. The van der Waals surface area contributed by atoms with E-state index in [1.807, 2.05) is 0 Å². The van der Waals surface area contributed by atoms with Crippen molar-refractivity contribution in [3.05, 3.63) is 0 Å². The second-order valence-electron chi connectivity index (χ2n) is 0. The van der Waals surface area contributed by atoms with Gasteiger partial charge in [-0.3, -0.25) is 0 Å². The van der Waals surface area contributed by atoms with E-state index in [9.17, 15) is 0 Å². The Hall–Kier alpha value is 3.28. The maximum atomic E-state index is 4.21. The van der Waals surface area contributed by atoms with E-state index in [1.54, 1.807) is 0 Å². The first kappa shape index (κ1) is 22.8. The Bertz CT molecular complexity index is 13.5. The molecule has 0 saturated carbocycles. The van der Waals surface area contributed by atoms with Crippen LogP contribution in [0.4, 0.5) is 0 Å². The third-order valence-electron chi connectivity index (χ3n) is 0. The van der Waals surface area contributed by atoms with Crippen molar-refractivity contribution in [3.63, 3.8) is 0 Å². The van der Waals surface area contributed by atoms with Gasteiger partial charge in [-0.2, -0.15) is 0 Å². The zero-order valence-corrected chi connectivity index (χ0v) is 10.8. The summed E-state index contributed by atoms with van der Waals surface area (Å²) in [5.74, 6) is 0. The fourth-order valence-corrected chi connectivity index (χ4v) is 0. The molecule has 6 heteroatoms. The van der Waals surface area contributed by atoms with Crippen molar-refractivity contribution in [2.24, 2.45) is 0 Å². The predicted octanol–water partition coefficient (Wildman–Crippen LogP) is -2.48. The van der Waals surface area contributed by atoms with Crippen molar-refractivity contribution >= 4 is 81.1 Å². The molecule has 0 N–H and O–H groups in total. The predicted molar refractivity (Wildman–Crippen MR) is 39.0 cm³/mol. The average Bonchev–Trinajstić information content (AvgIpc) is 1.50. The van der Waals surface area contributed by atoms with Crippen molar-refractivity contribution in [2.45, 2.75) is 0 Å². The van der Waals surface area contributed by atoms with Gasteiger partial charge in [0.25, 0.3) is 0 Å². The van der Waals surface area contributed by atoms with Crippen LogP contribution in [-0.2, 0) is 17.1 Å². The normalized spacial score (nSPS) is 1.50. The molecule has 6 heavy (non-hydrogen) atoms. The van der Waals surface area contributed by atoms with Crippen LogP contribution in [0.1, 0.15) is 0 Å². The molecular formula is H6CuGaInSSe2. The molecule has 0 unspecified atom stereocenters. The summed E-state index contributed by atoms with van der Waals surface area (Å²) in [5, 5.41) is 0. The summed E-state index contributed by atoms with van der Waals surface area (Å²) < 4.78 is 0. The number of hydrogen-bond acceptors (Lipinski definition) is 1. The van der Waals surface area contributed by atoms with E-state index in [-0.39, 0.29) is 42.9 Å². The minimum atomic E-state index is 0. The minimum absolute atomic E-state index is 0. The van der Waals surface area contributed by atoms with Crippen LogP contribution in [0.25, 0.3) is 0 Å². The van der Waals surface area contributed by atoms with Crippen LogP contribution in [0, 0.1) is 0 Å². The zero-order valence-electron chi connectivity index (χ0n) is 2.31. The van der Waals surface area contributed by atoms with Crippen molar-refractivity contribution < 1.29 is 17.1 Å². The van der Waals surface area contributed by atoms with Crippen LogP contribution in [-0.4, -0.2) is 71.1 Å². The quantitative estimate of drug-likeness (QED) is 0.373. The molecule has 41 valence electrons. The van der Waals surface area contributed by atoms with Gasteiger partial charge < -0.3 is 0 Å². The zero-order chi connectivity index (χ0) is 4.00. The van der Waals surface area contributed by atoms with E-state index in [1.165, 1.54) is 0 Å². The Morgan fingerprint density at radius 3 is 1.17 bits per heavy atom. The standard InChI is InChI=1S/Cu.Ga.In.S.H2Se2.4H/c;;;;1-2;;;;/h;;;;1-2H;;;;. The Kier molecular flexibility index (Phi) is 155. The SMILES string of the molecule is [Cu].[InH3].[S]=[GaH].[SeH][SeH]. The molecule has 0 aromatic rings. The van der Waals surface area contributed by atoms with Gasteiger partial charge in [0.2, 0.25) is 0 Å². The Balaban J connectivity index is -0.00000000500. The Morgan fingerprint density at radius 2 is 1.17 bits per heavy atom. The van der Waals surface area contributed by atoms with Gasteiger partial charge in [0.1, 0.15) is 0 Å². The summed E-state index contributed by atoms with van der Waals surface area (Å²) in [6, 6.07) is 0. The van der Waals surface area contributed by atoms with Gasteiger partial charge in [-0.05, 0) is 0 Å². The maximum absolute atomic E-state index is 4.21. The molecule has 0 amide bonds. The Morgan fingerprint density at radius 1 is 1.17 bits per heavy atom. The fourth-order valence-electron chi connectivity index (χ4n) is 0. The van der Waals surface area contributed by atoms with E-state index in [2.05, 4.69) is 38.4 Å². The molecule has 0 aliphatic heterocycles. The topological polar surface area (TPSA) is 0 Å². The molecule has 0 bridgehead atoms. The molecule has 0 fully saturated rings. The molecule has 0 saturated heterocycles. The van der Waals surface area contributed by atoms with Gasteiger partial charge >= 0.3 is 81.1 Å². The average molecular weight is 444 g/mol. The van der Waals surface area contributed by atoms with Gasteiger partial charge in [0.05, 0.1) is 0 Å². The van der Waals surface area contributed by atoms with Gasteiger partial charge in [0, 0.05) is 17.1 Å². The van der Waals surface area contributed by atoms with E-state index in [0.29, 0.717) is 0 Å². The molecule has 0 aromatic carbocycles. The van der Waals surface area contributed by atoms with E-state index >= 15 is 0 Å². The first-order valence-electron chi connectivity index (χ1n) is 0.489. The molecule has 0 aliphatic carbocycles. The van der Waals surface area contributed by atoms with Crippen molar-refractivity contribution in [1.29, 1.82) is 0 Å². The van der Waals surface area contributed by atoms with Gasteiger partial charge in [0.15, 0.2) is 0 Å². The van der Waals surface area contributed by atoms with Crippen LogP contribution in [0.15, 0.2) is 0 Å².